The number of carbonyl (C=O) groups excluding carboxylic acids is 2. The molecule has 158 valence electrons. The van der Waals surface area contributed by atoms with Crippen molar-refractivity contribution < 1.29 is 9.59 Å². The van der Waals surface area contributed by atoms with E-state index in [1.165, 1.54) is 11.1 Å². The minimum absolute atomic E-state index is 0.0209. The van der Waals surface area contributed by atoms with Crippen LogP contribution in [-0.2, 0) is 29.0 Å². The SMILES string of the molecule is CCC(CC)[C@@H]1C(=O)N[C@H](C2Cc3ccccc3C2)C(=O)N1Cc1ccccc1N. The Kier molecular flexibility index (Phi) is 5.80. The molecule has 2 aromatic carbocycles. The lowest BCUT2D eigenvalue weighted by Crippen LogP contribution is -2.66. The predicted molar refractivity (Wildman–Crippen MR) is 119 cm³/mol. The molecule has 0 bridgehead atoms. The van der Waals surface area contributed by atoms with Crippen LogP contribution in [0.4, 0.5) is 5.69 Å². The van der Waals surface area contributed by atoms with Crippen LogP contribution in [0.25, 0.3) is 0 Å². The predicted octanol–water partition coefficient (Wildman–Crippen LogP) is 3.32. The van der Waals surface area contributed by atoms with Crippen LogP contribution in [-0.4, -0.2) is 28.8 Å². The van der Waals surface area contributed by atoms with Crippen LogP contribution in [0.3, 0.4) is 0 Å². The van der Waals surface area contributed by atoms with E-state index in [-0.39, 0.29) is 23.7 Å². The Morgan fingerprint density at radius 3 is 2.20 bits per heavy atom. The van der Waals surface area contributed by atoms with Crippen molar-refractivity contribution in [2.45, 2.75) is 58.2 Å². The normalized spacial score (nSPS) is 21.8. The van der Waals surface area contributed by atoms with Crippen LogP contribution in [0.5, 0.6) is 0 Å². The molecule has 2 aliphatic rings. The highest BCUT2D eigenvalue weighted by molar-refractivity contribution is 5.97. The van der Waals surface area contributed by atoms with E-state index in [1.807, 2.05) is 36.4 Å². The summed E-state index contributed by atoms with van der Waals surface area (Å²) in [6.07, 6.45) is 3.35. The number of carbonyl (C=O) groups is 2. The van der Waals surface area contributed by atoms with Crippen molar-refractivity contribution >= 4 is 17.5 Å². The van der Waals surface area contributed by atoms with E-state index in [0.29, 0.717) is 12.2 Å². The zero-order valence-corrected chi connectivity index (χ0v) is 17.8. The lowest BCUT2D eigenvalue weighted by molar-refractivity contribution is -0.154. The first-order valence-corrected chi connectivity index (χ1v) is 11.0. The quantitative estimate of drug-likeness (QED) is 0.724. The molecular formula is C25H31N3O2. The van der Waals surface area contributed by atoms with Gasteiger partial charge in [0, 0.05) is 12.2 Å². The van der Waals surface area contributed by atoms with Crippen LogP contribution in [0.2, 0.25) is 0 Å². The zero-order chi connectivity index (χ0) is 21.3. The van der Waals surface area contributed by atoms with Gasteiger partial charge in [-0.25, -0.2) is 0 Å². The van der Waals surface area contributed by atoms with Crippen molar-refractivity contribution in [2.24, 2.45) is 11.8 Å². The monoisotopic (exact) mass is 405 g/mol. The topological polar surface area (TPSA) is 75.4 Å². The Bertz CT molecular complexity index is 912. The summed E-state index contributed by atoms with van der Waals surface area (Å²) in [6, 6.07) is 15.0. The fourth-order valence-electron chi connectivity index (χ4n) is 5.15. The van der Waals surface area contributed by atoms with E-state index in [4.69, 9.17) is 5.73 Å². The third-order valence-electron chi connectivity index (χ3n) is 6.90. The fraction of sp³-hybridized carbons (Fsp3) is 0.440. The highest BCUT2D eigenvalue weighted by atomic mass is 16.2. The molecule has 30 heavy (non-hydrogen) atoms. The largest absolute Gasteiger partial charge is 0.398 e. The molecule has 2 aromatic rings. The number of nitrogens with one attached hydrogen (secondary N) is 1. The molecule has 2 atom stereocenters. The maximum Gasteiger partial charge on any atom is 0.246 e. The van der Waals surface area contributed by atoms with Crippen molar-refractivity contribution in [3.63, 3.8) is 0 Å². The van der Waals surface area contributed by atoms with E-state index in [2.05, 4.69) is 31.3 Å². The molecule has 0 radical (unpaired) electrons. The number of nitrogens with zero attached hydrogens (tertiary/aromatic N) is 1. The summed E-state index contributed by atoms with van der Waals surface area (Å²) in [4.78, 5) is 28.8. The van der Waals surface area contributed by atoms with Crippen LogP contribution >= 0.6 is 0 Å². The number of para-hydroxylation sites is 1. The van der Waals surface area contributed by atoms with Crippen LogP contribution in [0, 0.1) is 11.8 Å². The summed E-state index contributed by atoms with van der Waals surface area (Å²) in [5, 5.41) is 3.11. The van der Waals surface area contributed by atoms with Crippen molar-refractivity contribution in [2.75, 3.05) is 5.73 Å². The molecular weight excluding hydrogens is 374 g/mol. The molecule has 1 saturated heterocycles. The number of nitrogens with two attached hydrogens (primary N) is 1. The maximum absolute atomic E-state index is 13.7. The number of piperazine rings is 1. The molecule has 5 nitrogen and oxygen atoms in total. The number of hydrogen-bond donors (Lipinski definition) is 2. The van der Waals surface area contributed by atoms with E-state index in [9.17, 15) is 9.59 Å². The Morgan fingerprint density at radius 1 is 1.00 bits per heavy atom. The summed E-state index contributed by atoms with van der Waals surface area (Å²) in [5.41, 5.74) is 10.3. The third-order valence-corrected chi connectivity index (χ3v) is 6.90. The van der Waals surface area contributed by atoms with Gasteiger partial charge in [-0.2, -0.15) is 0 Å². The van der Waals surface area contributed by atoms with Gasteiger partial charge < -0.3 is 16.0 Å². The number of hydrogen-bond acceptors (Lipinski definition) is 3. The van der Waals surface area contributed by atoms with Crippen LogP contribution in [0.1, 0.15) is 43.4 Å². The zero-order valence-electron chi connectivity index (χ0n) is 17.8. The molecule has 0 unspecified atom stereocenters. The molecule has 1 fully saturated rings. The van der Waals surface area contributed by atoms with Gasteiger partial charge in [-0.1, -0.05) is 69.2 Å². The first-order chi connectivity index (χ1) is 14.5. The number of rotatable bonds is 6. The highest BCUT2D eigenvalue weighted by Crippen LogP contribution is 2.33. The minimum atomic E-state index is -0.486. The van der Waals surface area contributed by atoms with E-state index < -0.39 is 12.1 Å². The molecule has 2 amide bonds. The Labute approximate surface area is 178 Å². The standard InChI is InChI=1S/C25H31N3O2/c1-3-16(4-2)23-24(29)27-22(20-13-17-9-5-6-10-18(17)14-20)25(30)28(23)15-19-11-7-8-12-21(19)26/h5-12,16,20,22-23H,3-4,13-15,26H2,1-2H3,(H,27,29)/t22-,23-/m1/s1. The second kappa shape index (κ2) is 8.50. The lowest BCUT2D eigenvalue weighted by atomic mass is 9.86. The second-order valence-corrected chi connectivity index (χ2v) is 8.61. The molecule has 3 N–H and O–H groups in total. The first-order valence-electron chi connectivity index (χ1n) is 11.0. The third kappa shape index (κ3) is 3.69. The number of anilines is 1. The van der Waals surface area contributed by atoms with E-state index in [0.717, 1.165) is 31.2 Å². The average Bonchev–Trinajstić information content (AvgIpc) is 3.18. The lowest BCUT2D eigenvalue weighted by Gasteiger charge is -2.43. The molecule has 0 aromatic heterocycles. The Hall–Kier alpha value is -2.82. The van der Waals surface area contributed by atoms with Gasteiger partial charge in [0.05, 0.1) is 0 Å². The van der Waals surface area contributed by atoms with Crippen molar-refractivity contribution in [3.05, 3.63) is 65.2 Å². The molecule has 1 aliphatic carbocycles. The van der Waals surface area contributed by atoms with E-state index >= 15 is 0 Å². The average molecular weight is 406 g/mol. The van der Waals surface area contributed by atoms with Crippen LogP contribution in [0.15, 0.2) is 48.5 Å². The Morgan fingerprint density at radius 2 is 1.60 bits per heavy atom. The fourth-order valence-corrected chi connectivity index (χ4v) is 5.15. The number of fused-ring (bicyclic) bond motifs is 1. The highest BCUT2D eigenvalue weighted by Gasteiger charge is 2.46. The van der Waals surface area contributed by atoms with Gasteiger partial charge in [0.1, 0.15) is 12.1 Å². The summed E-state index contributed by atoms with van der Waals surface area (Å²) in [7, 11) is 0. The number of benzene rings is 2. The maximum atomic E-state index is 13.7. The summed E-state index contributed by atoms with van der Waals surface area (Å²) < 4.78 is 0. The molecule has 0 spiro atoms. The van der Waals surface area contributed by atoms with Gasteiger partial charge in [-0.3, -0.25) is 9.59 Å². The molecule has 0 saturated carbocycles. The van der Waals surface area contributed by atoms with Gasteiger partial charge >= 0.3 is 0 Å². The summed E-state index contributed by atoms with van der Waals surface area (Å²) in [6.45, 7) is 4.54. The van der Waals surface area contributed by atoms with Crippen LogP contribution < -0.4 is 11.1 Å². The second-order valence-electron chi connectivity index (χ2n) is 8.61. The van der Waals surface area contributed by atoms with Gasteiger partial charge in [0.15, 0.2) is 0 Å². The Balaban J connectivity index is 1.64. The summed E-state index contributed by atoms with van der Waals surface area (Å²) in [5.74, 6) is 0.212. The van der Waals surface area contributed by atoms with Crippen molar-refractivity contribution in [1.82, 2.24) is 10.2 Å². The molecule has 4 rings (SSSR count). The van der Waals surface area contributed by atoms with Gasteiger partial charge in [-0.05, 0) is 47.4 Å². The van der Waals surface area contributed by atoms with Crippen molar-refractivity contribution in [1.29, 1.82) is 0 Å². The molecule has 1 aliphatic heterocycles. The van der Waals surface area contributed by atoms with Gasteiger partial charge in [0.2, 0.25) is 11.8 Å². The number of amides is 2. The molecule has 5 heteroatoms. The smallest absolute Gasteiger partial charge is 0.246 e. The molecule has 1 heterocycles. The van der Waals surface area contributed by atoms with Gasteiger partial charge in [-0.15, -0.1) is 0 Å². The van der Waals surface area contributed by atoms with E-state index in [1.54, 1.807) is 4.90 Å². The first kappa shape index (κ1) is 20.5. The summed E-state index contributed by atoms with van der Waals surface area (Å²) >= 11 is 0. The minimum Gasteiger partial charge on any atom is -0.398 e. The van der Waals surface area contributed by atoms with Gasteiger partial charge in [0.25, 0.3) is 0 Å². The van der Waals surface area contributed by atoms with Crippen molar-refractivity contribution in [3.8, 4) is 0 Å². The number of nitrogen functional groups attached to an aromatic ring is 1.